The highest BCUT2D eigenvalue weighted by molar-refractivity contribution is 9.10. The highest BCUT2D eigenvalue weighted by Crippen LogP contribution is 2.11. The second-order valence-electron chi connectivity index (χ2n) is 4.09. The molecule has 0 aliphatic carbocycles. The van der Waals surface area contributed by atoms with Crippen molar-refractivity contribution in [1.29, 1.82) is 0 Å². The number of aromatic nitrogens is 2. The van der Waals surface area contributed by atoms with Gasteiger partial charge in [0.05, 0.1) is 13.0 Å². The number of likely N-dealkylation sites (N-methyl/N-ethyl adjacent to an activating group) is 1. The smallest absolute Gasteiger partial charge is 0.227 e. The Morgan fingerprint density at radius 2 is 2.11 bits per heavy atom. The number of carbonyl (C=O) groups excluding carboxylic acids is 1. The summed E-state index contributed by atoms with van der Waals surface area (Å²) >= 11 is 3.37. The van der Waals surface area contributed by atoms with Gasteiger partial charge < -0.3 is 9.88 Å². The van der Waals surface area contributed by atoms with E-state index in [1.54, 1.807) is 24.3 Å². The molecular weight excluding hydrogens is 294 g/mol. The number of aromatic amines is 1. The molecule has 1 N–H and O–H groups in total. The third-order valence-electron chi connectivity index (χ3n) is 2.64. The third-order valence-corrected chi connectivity index (χ3v) is 3.16. The van der Waals surface area contributed by atoms with Crippen molar-refractivity contribution in [2.24, 2.45) is 0 Å². The van der Waals surface area contributed by atoms with E-state index < -0.39 is 0 Å². The van der Waals surface area contributed by atoms with Gasteiger partial charge in [-0.05, 0) is 17.7 Å². The number of halogens is 1. The fourth-order valence-electron chi connectivity index (χ4n) is 1.61. The minimum absolute atomic E-state index is 0.0775. The van der Waals surface area contributed by atoms with E-state index in [2.05, 4.69) is 25.9 Å². The van der Waals surface area contributed by atoms with Gasteiger partial charge in [-0.2, -0.15) is 0 Å². The summed E-state index contributed by atoms with van der Waals surface area (Å²) in [6.07, 6.45) is 3.84. The molecule has 0 spiro atoms. The maximum Gasteiger partial charge on any atom is 0.227 e. The number of rotatable bonds is 4. The summed E-state index contributed by atoms with van der Waals surface area (Å²) in [5.74, 6) is 0.871. The fraction of sp³-hybridized carbons (Fsp3) is 0.231. The zero-order valence-corrected chi connectivity index (χ0v) is 11.6. The first-order chi connectivity index (χ1) is 8.65. The number of benzene rings is 1. The molecule has 18 heavy (non-hydrogen) atoms. The Bertz CT molecular complexity index is 508. The topological polar surface area (TPSA) is 49.0 Å². The second kappa shape index (κ2) is 5.82. The van der Waals surface area contributed by atoms with E-state index in [0.29, 0.717) is 13.0 Å². The van der Waals surface area contributed by atoms with Crippen LogP contribution in [0.3, 0.4) is 0 Å². The molecule has 0 unspecified atom stereocenters. The average Bonchev–Trinajstić information content (AvgIpc) is 2.85. The van der Waals surface area contributed by atoms with Crippen LogP contribution < -0.4 is 0 Å². The van der Waals surface area contributed by atoms with Crippen molar-refractivity contribution >= 4 is 21.8 Å². The van der Waals surface area contributed by atoms with E-state index in [1.165, 1.54) is 0 Å². The Kier molecular flexibility index (Phi) is 4.15. The molecule has 0 fully saturated rings. The van der Waals surface area contributed by atoms with Crippen molar-refractivity contribution in [3.05, 3.63) is 52.5 Å². The van der Waals surface area contributed by atoms with Gasteiger partial charge in [0.25, 0.3) is 0 Å². The summed E-state index contributed by atoms with van der Waals surface area (Å²) in [5.41, 5.74) is 1.01. The first-order valence-corrected chi connectivity index (χ1v) is 6.41. The zero-order chi connectivity index (χ0) is 13.0. The largest absolute Gasteiger partial charge is 0.347 e. The summed E-state index contributed by atoms with van der Waals surface area (Å²) < 4.78 is 1.02. The fourth-order valence-corrected chi connectivity index (χ4v) is 1.87. The summed E-state index contributed by atoms with van der Waals surface area (Å²) in [6.45, 7) is 0.502. The number of H-pyrrole nitrogens is 1. The molecule has 0 aliphatic rings. The first kappa shape index (κ1) is 12.8. The highest BCUT2D eigenvalue weighted by atomic mass is 79.9. The molecular formula is C13H14BrN3O. The Balaban J connectivity index is 1.93. The van der Waals surface area contributed by atoms with Gasteiger partial charge in [0, 0.05) is 23.9 Å². The molecule has 1 aromatic heterocycles. The molecule has 4 nitrogen and oxygen atoms in total. The number of nitrogens with one attached hydrogen (secondary N) is 1. The van der Waals surface area contributed by atoms with Crippen molar-refractivity contribution in [3.63, 3.8) is 0 Å². The van der Waals surface area contributed by atoms with Crippen LogP contribution in [0.15, 0.2) is 41.1 Å². The van der Waals surface area contributed by atoms with Crippen LogP contribution >= 0.6 is 15.9 Å². The van der Waals surface area contributed by atoms with E-state index in [1.807, 2.05) is 24.3 Å². The van der Waals surface area contributed by atoms with E-state index in [-0.39, 0.29) is 5.91 Å². The predicted octanol–water partition coefficient (Wildman–Crippen LogP) is 2.37. The molecule has 2 aromatic rings. The summed E-state index contributed by atoms with van der Waals surface area (Å²) in [6, 6.07) is 7.77. The molecule has 1 amide bonds. The third kappa shape index (κ3) is 3.43. The molecule has 0 aliphatic heterocycles. The average molecular weight is 308 g/mol. The lowest BCUT2D eigenvalue weighted by Gasteiger charge is -2.15. The molecule has 0 saturated heterocycles. The number of nitrogens with zero attached hydrogens (tertiary/aromatic N) is 2. The van der Waals surface area contributed by atoms with Crippen LogP contribution in [0, 0.1) is 0 Å². The Morgan fingerprint density at radius 1 is 1.39 bits per heavy atom. The highest BCUT2D eigenvalue weighted by Gasteiger charge is 2.11. The van der Waals surface area contributed by atoms with Gasteiger partial charge in [-0.25, -0.2) is 4.98 Å². The quantitative estimate of drug-likeness (QED) is 0.943. The lowest BCUT2D eigenvalue weighted by atomic mass is 10.1. The Morgan fingerprint density at radius 3 is 2.72 bits per heavy atom. The maximum atomic E-state index is 12.0. The molecule has 0 bridgehead atoms. The normalized spacial score (nSPS) is 10.3. The van der Waals surface area contributed by atoms with Gasteiger partial charge in [-0.15, -0.1) is 0 Å². The van der Waals surface area contributed by atoms with Crippen LogP contribution in [0.2, 0.25) is 0 Å². The number of hydrogen-bond donors (Lipinski definition) is 1. The van der Waals surface area contributed by atoms with Crippen LogP contribution in [0.25, 0.3) is 0 Å². The van der Waals surface area contributed by atoms with E-state index in [4.69, 9.17) is 0 Å². The van der Waals surface area contributed by atoms with Crippen molar-refractivity contribution in [1.82, 2.24) is 14.9 Å². The number of carbonyl (C=O) groups is 1. The van der Waals surface area contributed by atoms with Crippen LogP contribution in [0.5, 0.6) is 0 Å². The molecule has 2 rings (SSSR count). The van der Waals surface area contributed by atoms with Crippen LogP contribution in [0.1, 0.15) is 11.4 Å². The van der Waals surface area contributed by atoms with Crippen molar-refractivity contribution in [3.8, 4) is 0 Å². The van der Waals surface area contributed by atoms with Gasteiger partial charge in [0.2, 0.25) is 5.91 Å². The zero-order valence-electron chi connectivity index (χ0n) is 10.1. The van der Waals surface area contributed by atoms with Crippen LogP contribution in [-0.2, 0) is 17.8 Å². The van der Waals surface area contributed by atoms with Gasteiger partial charge >= 0.3 is 0 Å². The predicted molar refractivity (Wildman–Crippen MR) is 72.9 cm³/mol. The van der Waals surface area contributed by atoms with Gasteiger partial charge in [0.15, 0.2) is 0 Å². The second-order valence-corrected chi connectivity index (χ2v) is 5.00. The SMILES string of the molecule is CN(Cc1ncc[nH]1)C(=O)Cc1ccc(Br)cc1. The first-order valence-electron chi connectivity index (χ1n) is 5.62. The molecule has 94 valence electrons. The minimum Gasteiger partial charge on any atom is -0.347 e. The summed E-state index contributed by atoms with van der Waals surface area (Å²) in [4.78, 5) is 20.7. The van der Waals surface area contributed by atoms with Gasteiger partial charge in [0.1, 0.15) is 5.82 Å². The van der Waals surface area contributed by atoms with Gasteiger partial charge in [-0.1, -0.05) is 28.1 Å². The monoisotopic (exact) mass is 307 g/mol. The molecule has 1 heterocycles. The Hall–Kier alpha value is -1.62. The minimum atomic E-state index is 0.0775. The lowest BCUT2D eigenvalue weighted by molar-refractivity contribution is -0.129. The van der Waals surface area contributed by atoms with Crippen molar-refractivity contribution in [2.45, 2.75) is 13.0 Å². The van der Waals surface area contributed by atoms with Crippen LogP contribution in [-0.4, -0.2) is 27.8 Å². The van der Waals surface area contributed by atoms with E-state index in [9.17, 15) is 4.79 Å². The Labute approximate surface area is 114 Å². The summed E-state index contributed by atoms with van der Waals surface area (Å²) in [5, 5.41) is 0. The molecule has 0 radical (unpaired) electrons. The van der Waals surface area contributed by atoms with Crippen LogP contribution in [0.4, 0.5) is 0 Å². The number of amides is 1. The molecule has 0 atom stereocenters. The lowest BCUT2D eigenvalue weighted by Crippen LogP contribution is -2.28. The van der Waals surface area contributed by atoms with Gasteiger partial charge in [-0.3, -0.25) is 4.79 Å². The molecule has 0 saturated carbocycles. The van der Waals surface area contributed by atoms with Crippen molar-refractivity contribution in [2.75, 3.05) is 7.05 Å². The molecule has 1 aromatic carbocycles. The number of hydrogen-bond acceptors (Lipinski definition) is 2. The summed E-state index contributed by atoms with van der Waals surface area (Å²) in [7, 11) is 1.78. The van der Waals surface area contributed by atoms with E-state index >= 15 is 0 Å². The van der Waals surface area contributed by atoms with Crippen molar-refractivity contribution < 1.29 is 4.79 Å². The molecule has 5 heteroatoms. The maximum absolute atomic E-state index is 12.0. The number of imidazole rings is 1. The standard InChI is InChI=1S/C13H14BrN3O/c1-17(9-12-15-6-7-16-12)13(18)8-10-2-4-11(14)5-3-10/h2-7H,8-9H2,1H3,(H,15,16). The van der Waals surface area contributed by atoms with E-state index in [0.717, 1.165) is 15.9 Å².